The Morgan fingerprint density at radius 3 is 3.00 bits per heavy atom. The molecule has 1 saturated heterocycles. The molecule has 3 aromatic rings. The van der Waals surface area contributed by atoms with Crippen LogP contribution in [0.2, 0.25) is 0 Å². The van der Waals surface area contributed by atoms with Crippen molar-refractivity contribution in [2.24, 2.45) is 0 Å². The minimum absolute atomic E-state index is 0.0720. The maximum atomic E-state index is 12.8. The lowest BCUT2D eigenvalue weighted by molar-refractivity contribution is -0.0964. The summed E-state index contributed by atoms with van der Waals surface area (Å²) in [7, 11) is 0. The van der Waals surface area contributed by atoms with Gasteiger partial charge in [-0.1, -0.05) is 0 Å². The first kappa shape index (κ1) is 16.3. The summed E-state index contributed by atoms with van der Waals surface area (Å²) >= 11 is 0. The van der Waals surface area contributed by atoms with Crippen molar-refractivity contribution < 1.29 is 13.9 Å². The number of piperidine rings is 1. The molecule has 0 radical (unpaired) electrons. The summed E-state index contributed by atoms with van der Waals surface area (Å²) in [5.74, 6) is 1.02. The van der Waals surface area contributed by atoms with Crippen LogP contribution in [0.15, 0.2) is 41.2 Å². The molecule has 1 spiro atoms. The van der Waals surface area contributed by atoms with Crippen molar-refractivity contribution in [3.05, 3.63) is 59.6 Å². The van der Waals surface area contributed by atoms with Crippen LogP contribution in [0.3, 0.4) is 0 Å². The SMILES string of the molecule is O=C(c1ccc(Cn2cccn2)o1)N1CCC2(CC1)OCCc1cn[nH]c12. The highest BCUT2D eigenvalue weighted by Crippen LogP contribution is 2.40. The number of aromatic nitrogens is 4. The van der Waals surface area contributed by atoms with E-state index in [-0.39, 0.29) is 11.5 Å². The standard InChI is InChI=1S/C19H21N5O3/c25-18(16-3-2-15(27-16)13-24-8-1-7-21-24)23-9-5-19(6-10-23)17-14(4-11-26-19)12-20-22-17/h1-3,7-8,12H,4-6,9-11,13H2,(H,20,22). The van der Waals surface area contributed by atoms with E-state index in [1.165, 1.54) is 5.56 Å². The number of H-pyrrole nitrogens is 1. The molecule has 0 aliphatic carbocycles. The quantitative estimate of drug-likeness (QED) is 0.764. The molecule has 0 unspecified atom stereocenters. The molecule has 1 amide bonds. The number of fused-ring (bicyclic) bond motifs is 2. The zero-order chi connectivity index (χ0) is 18.3. The molecule has 1 N–H and O–H groups in total. The number of carbonyl (C=O) groups excluding carboxylic acids is 1. The first-order valence-corrected chi connectivity index (χ1v) is 9.26. The minimum atomic E-state index is -0.338. The van der Waals surface area contributed by atoms with E-state index in [0.717, 1.165) is 25.0 Å². The van der Waals surface area contributed by atoms with Crippen LogP contribution in [0, 0.1) is 0 Å². The molecule has 0 bridgehead atoms. The second-order valence-electron chi connectivity index (χ2n) is 7.12. The van der Waals surface area contributed by atoms with Gasteiger partial charge in [0.2, 0.25) is 0 Å². The van der Waals surface area contributed by atoms with E-state index < -0.39 is 0 Å². The topological polar surface area (TPSA) is 89.2 Å². The number of aromatic amines is 1. The summed E-state index contributed by atoms with van der Waals surface area (Å²) < 4.78 is 13.7. The van der Waals surface area contributed by atoms with Gasteiger partial charge in [-0.05, 0) is 43.0 Å². The normalized spacial score (nSPS) is 18.6. The molecule has 27 heavy (non-hydrogen) atoms. The van der Waals surface area contributed by atoms with Crippen LogP contribution in [0.5, 0.6) is 0 Å². The van der Waals surface area contributed by atoms with Crippen molar-refractivity contribution in [1.82, 2.24) is 24.9 Å². The average molecular weight is 367 g/mol. The highest BCUT2D eigenvalue weighted by molar-refractivity contribution is 5.91. The van der Waals surface area contributed by atoms with Gasteiger partial charge in [0.05, 0.1) is 25.0 Å². The van der Waals surface area contributed by atoms with E-state index in [1.807, 2.05) is 29.4 Å². The summed E-state index contributed by atoms with van der Waals surface area (Å²) in [5, 5.41) is 11.5. The molecular formula is C19H21N5O3. The predicted octanol–water partition coefficient (Wildman–Crippen LogP) is 1.95. The molecule has 2 aliphatic rings. The molecule has 1 fully saturated rings. The van der Waals surface area contributed by atoms with E-state index in [2.05, 4.69) is 15.3 Å². The van der Waals surface area contributed by atoms with Gasteiger partial charge in [0.25, 0.3) is 5.91 Å². The molecule has 2 aliphatic heterocycles. The number of ether oxygens (including phenoxy) is 1. The fourth-order valence-electron chi connectivity index (χ4n) is 4.08. The number of carbonyl (C=O) groups is 1. The number of rotatable bonds is 3. The van der Waals surface area contributed by atoms with E-state index in [0.29, 0.717) is 37.8 Å². The van der Waals surface area contributed by atoms with Gasteiger partial charge in [-0.3, -0.25) is 14.6 Å². The largest absolute Gasteiger partial charge is 0.454 e. The number of hydrogen-bond acceptors (Lipinski definition) is 5. The minimum Gasteiger partial charge on any atom is -0.454 e. The molecule has 8 nitrogen and oxygen atoms in total. The Bertz CT molecular complexity index is 934. The second-order valence-corrected chi connectivity index (χ2v) is 7.12. The van der Waals surface area contributed by atoms with Gasteiger partial charge in [-0.25, -0.2) is 0 Å². The summed E-state index contributed by atoms with van der Waals surface area (Å²) in [6.45, 7) is 2.48. The third-order valence-corrected chi connectivity index (χ3v) is 5.53. The van der Waals surface area contributed by atoms with Gasteiger partial charge in [-0.15, -0.1) is 0 Å². The third kappa shape index (κ3) is 2.86. The van der Waals surface area contributed by atoms with Gasteiger partial charge in [0.1, 0.15) is 11.4 Å². The molecule has 0 atom stereocenters. The Hall–Kier alpha value is -2.87. The van der Waals surface area contributed by atoms with Crippen LogP contribution >= 0.6 is 0 Å². The highest BCUT2D eigenvalue weighted by Gasteiger charge is 2.43. The molecule has 5 rings (SSSR count). The number of nitrogens with zero attached hydrogens (tertiary/aromatic N) is 4. The maximum absolute atomic E-state index is 12.8. The van der Waals surface area contributed by atoms with Crippen molar-refractivity contribution in [1.29, 1.82) is 0 Å². The van der Waals surface area contributed by atoms with Gasteiger partial charge in [-0.2, -0.15) is 10.2 Å². The fourth-order valence-corrected chi connectivity index (χ4v) is 4.08. The monoisotopic (exact) mass is 367 g/mol. The van der Waals surface area contributed by atoms with Crippen LogP contribution in [0.1, 0.15) is 40.4 Å². The smallest absolute Gasteiger partial charge is 0.289 e. The van der Waals surface area contributed by atoms with Crippen molar-refractivity contribution >= 4 is 5.91 Å². The Morgan fingerprint density at radius 2 is 2.19 bits per heavy atom. The number of likely N-dealkylation sites (tertiary alicyclic amines) is 1. The van der Waals surface area contributed by atoms with E-state index >= 15 is 0 Å². The fraction of sp³-hybridized carbons (Fsp3) is 0.421. The Balaban J connectivity index is 1.26. The Labute approximate surface area is 156 Å². The lowest BCUT2D eigenvalue weighted by Crippen LogP contribution is -2.48. The number of nitrogens with one attached hydrogen (secondary N) is 1. The van der Waals surface area contributed by atoms with Crippen molar-refractivity contribution in [3.63, 3.8) is 0 Å². The van der Waals surface area contributed by atoms with Gasteiger partial charge in [0, 0.05) is 25.5 Å². The Morgan fingerprint density at radius 1 is 1.30 bits per heavy atom. The van der Waals surface area contributed by atoms with Gasteiger partial charge < -0.3 is 14.1 Å². The zero-order valence-corrected chi connectivity index (χ0v) is 14.9. The van der Waals surface area contributed by atoms with Crippen LogP contribution in [-0.4, -0.2) is 50.5 Å². The maximum Gasteiger partial charge on any atom is 0.289 e. The van der Waals surface area contributed by atoms with Crippen molar-refractivity contribution in [2.75, 3.05) is 19.7 Å². The first-order valence-electron chi connectivity index (χ1n) is 9.26. The molecular weight excluding hydrogens is 346 g/mol. The molecule has 0 saturated carbocycles. The molecule has 8 heteroatoms. The summed E-state index contributed by atoms with van der Waals surface area (Å²) in [6.07, 6.45) is 7.88. The van der Waals surface area contributed by atoms with E-state index in [9.17, 15) is 4.79 Å². The van der Waals surface area contributed by atoms with Crippen LogP contribution in [-0.2, 0) is 23.3 Å². The lowest BCUT2D eigenvalue weighted by Gasteiger charge is -2.43. The van der Waals surface area contributed by atoms with Crippen molar-refractivity contribution in [3.8, 4) is 0 Å². The summed E-state index contributed by atoms with van der Waals surface area (Å²) in [5.41, 5.74) is 1.98. The highest BCUT2D eigenvalue weighted by atomic mass is 16.5. The molecule has 5 heterocycles. The molecule has 140 valence electrons. The summed E-state index contributed by atoms with van der Waals surface area (Å²) in [6, 6.07) is 5.44. The lowest BCUT2D eigenvalue weighted by atomic mass is 9.83. The van der Waals surface area contributed by atoms with Gasteiger partial charge in [0.15, 0.2) is 5.76 Å². The third-order valence-electron chi connectivity index (χ3n) is 5.53. The summed E-state index contributed by atoms with van der Waals surface area (Å²) in [4.78, 5) is 14.7. The van der Waals surface area contributed by atoms with E-state index in [4.69, 9.17) is 9.15 Å². The van der Waals surface area contributed by atoms with Crippen LogP contribution < -0.4 is 0 Å². The van der Waals surface area contributed by atoms with E-state index in [1.54, 1.807) is 16.9 Å². The zero-order valence-electron chi connectivity index (χ0n) is 14.9. The van der Waals surface area contributed by atoms with Crippen LogP contribution in [0.4, 0.5) is 0 Å². The molecule has 0 aromatic carbocycles. The van der Waals surface area contributed by atoms with Gasteiger partial charge >= 0.3 is 0 Å². The number of hydrogen-bond donors (Lipinski definition) is 1. The number of amides is 1. The average Bonchev–Trinajstić information content (AvgIpc) is 3.44. The Kier molecular flexibility index (Phi) is 3.86. The van der Waals surface area contributed by atoms with Crippen LogP contribution in [0.25, 0.3) is 0 Å². The second kappa shape index (κ2) is 6.38. The predicted molar refractivity (Wildman–Crippen MR) is 95.1 cm³/mol. The molecule has 3 aromatic heterocycles. The van der Waals surface area contributed by atoms with Crippen molar-refractivity contribution in [2.45, 2.75) is 31.4 Å². The first-order chi connectivity index (χ1) is 13.2. The number of furan rings is 1.